The van der Waals surface area contributed by atoms with Crippen LogP contribution in [0.15, 0.2) is 0 Å². The molecule has 116 valence electrons. The van der Waals surface area contributed by atoms with E-state index in [1.54, 1.807) is 34.6 Å². The molecule has 2 amide bonds. The normalized spacial score (nSPS) is 15.7. The van der Waals surface area contributed by atoms with Gasteiger partial charge in [0.2, 0.25) is 6.41 Å². The van der Waals surface area contributed by atoms with Crippen LogP contribution in [0, 0.1) is 0 Å². The first-order valence-electron chi connectivity index (χ1n) is 6.46. The van der Waals surface area contributed by atoms with Gasteiger partial charge >= 0.3 is 12.1 Å². The number of carbonyl (C=O) groups is 3. The predicted molar refractivity (Wildman–Crippen MR) is 73.3 cm³/mol. The first-order valence-corrected chi connectivity index (χ1v) is 6.46. The fourth-order valence-corrected chi connectivity index (χ4v) is 1.89. The highest BCUT2D eigenvalue weighted by Gasteiger charge is 2.37. The number of alkyl carbamates (subject to hydrolysis) is 1. The van der Waals surface area contributed by atoms with E-state index in [1.807, 2.05) is 0 Å². The number of nitrogens with one attached hydrogen (secondary N) is 2. The van der Waals surface area contributed by atoms with Crippen molar-refractivity contribution in [3.05, 3.63) is 0 Å². The van der Waals surface area contributed by atoms with Crippen LogP contribution in [-0.4, -0.2) is 40.8 Å². The molecule has 0 aliphatic heterocycles. The molecule has 2 unspecified atom stereocenters. The molecular weight excluding hydrogens is 264 g/mol. The van der Waals surface area contributed by atoms with Gasteiger partial charge in [0.25, 0.3) is 0 Å². The van der Waals surface area contributed by atoms with Crippen molar-refractivity contribution in [3.8, 4) is 0 Å². The van der Waals surface area contributed by atoms with Gasteiger partial charge in [-0.15, -0.1) is 0 Å². The Morgan fingerprint density at radius 2 is 1.85 bits per heavy atom. The monoisotopic (exact) mass is 288 g/mol. The molecule has 20 heavy (non-hydrogen) atoms. The van der Waals surface area contributed by atoms with Crippen molar-refractivity contribution in [1.29, 1.82) is 0 Å². The van der Waals surface area contributed by atoms with E-state index in [4.69, 9.17) is 9.84 Å². The second-order valence-electron chi connectivity index (χ2n) is 5.86. The number of ether oxygens (including phenoxy) is 1. The number of amides is 2. The molecule has 0 fully saturated rings. The van der Waals surface area contributed by atoms with Crippen LogP contribution in [0.2, 0.25) is 0 Å². The van der Waals surface area contributed by atoms with Crippen molar-refractivity contribution in [3.63, 3.8) is 0 Å². The highest BCUT2D eigenvalue weighted by molar-refractivity contribution is 5.71. The van der Waals surface area contributed by atoms with Crippen molar-refractivity contribution in [2.45, 2.75) is 64.6 Å². The minimum absolute atomic E-state index is 0.306. The van der Waals surface area contributed by atoms with E-state index in [1.165, 1.54) is 0 Å². The van der Waals surface area contributed by atoms with Gasteiger partial charge in [-0.2, -0.15) is 0 Å². The van der Waals surface area contributed by atoms with E-state index in [0.29, 0.717) is 12.8 Å². The summed E-state index contributed by atoms with van der Waals surface area (Å²) in [5.74, 6) is -1.06. The molecule has 0 saturated carbocycles. The third-order valence-electron chi connectivity index (χ3n) is 2.78. The molecule has 0 aliphatic carbocycles. The number of hydrogen-bond donors (Lipinski definition) is 3. The molecule has 0 saturated heterocycles. The molecule has 2 atom stereocenters. The predicted octanol–water partition coefficient (Wildman–Crippen LogP) is 1.27. The van der Waals surface area contributed by atoms with Crippen LogP contribution in [0.4, 0.5) is 4.79 Å². The van der Waals surface area contributed by atoms with Crippen LogP contribution >= 0.6 is 0 Å². The van der Waals surface area contributed by atoms with Gasteiger partial charge in [0.05, 0.1) is 18.0 Å². The third-order valence-corrected chi connectivity index (χ3v) is 2.78. The molecule has 7 nitrogen and oxygen atoms in total. The zero-order valence-corrected chi connectivity index (χ0v) is 12.6. The molecule has 0 radical (unpaired) electrons. The number of aliphatic carboxylic acids is 1. The van der Waals surface area contributed by atoms with Gasteiger partial charge in [0.1, 0.15) is 5.60 Å². The lowest BCUT2D eigenvalue weighted by Gasteiger charge is -2.36. The fraction of sp³-hybridized carbons (Fsp3) is 0.769. The van der Waals surface area contributed by atoms with Gasteiger partial charge in [0.15, 0.2) is 0 Å². The minimum atomic E-state index is -1.08. The van der Waals surface area contributed by atoms with E-state index in [-0.39, 0.29) is 6.42 Å². The van der Waals surface area contributed by atoms with Crippen molar-refractivity contribution >= 4 is 18.5 Å². The maximum Gasteiger partial charge on any atom is 0.407 e. The average Bonchev–Trinajstić information content (AvgIpc) is 2.22. The largest absolute Gasteiger partial charge is 0.481 e. The second-order valence-corrected chi connectivity index (χ2v) is 5.86. The number of carboxylic acids is 1. The average molecular weight is 288 g/mol. The maximum atomic E-state index is 11.8. The van der Waals surface area contributed by atoms with Gasteiger partial charge in [0, 0.05) is 0 Å². The Morgan fingerprint density at radius 3 is 2.20 bits per heavy atom. The SMILES string of the molecule is CCC(NC(=O)OC(C)(C)C)C(C)(CC(=O)O)NC=O. The number of hydrogen-bond acceptors (Lipinski definition) is 4. The summed E-state index contributed by atoms with van der Waals surface area (Å²) in [5.41, 5.74) is -1.73. The molecule has 0 heterocycles. The maximum absolute atomic E-state index is 11.8. The number of carbonyl (C=O) groups excluding carboxylic acids is 2. The van der Waals surface area contributed by atoms with Crippen molar-refractivity contribution in [2.75, 3.05) is 0 Å². The lowest BCUT2D eigenvalue weighted by molar-refractivity contribution is -0.139. The molecule has 3 N–H and O–H groups in total. The lowest BCUT2D eigenvalue weighted by atomic mass is 9.87. The summed E-state index contributed by atoms with van der Waals surface area (Å²) >= 11 is 0. The summed E-state index contributed by atoms with van der Waals surface area (Å²) in [7, 11) is 0. The zero-order valence-electron chi connectivity index (χ0n) is 12.6. The molecule has 0 bridgehead atoms. The highest BCUT2D eigenvalue weighted by Crippen LogP contribution is 2.18. The molecule has 0 aromatic carbocycles. The Bertz CT molecular complexity index is 364. The molecule has 0 aromatic rings. The van der Waals surface area contributed by atoms with Gasteiger partial charge in [-0.05, 0) is 34.1 Å². The summed E-state index contributed by atoms with van der Waals surface area (Å²) < 4.78 is 5.13. The van der Waals surface area contributed by atoms with E-state index in [0.717, 1.165) is 0 Å². The van der Waals surface area contributed by atoms with E-state index in [9.17, 15) is 14.4 Å². The van der Waals surface area contributed by atoms with Crippen molar-refractivity contribution in [1.82, 2.24) is 10.6 Å². The molecule has 0 aliphatic rings. The number of rotatable bonds is 7. The Kier molecular flexibility index (Phi) is 6.48. The van der Waals surface area contributed by atoms with Gasteiger partial charge in [-0.25, -0.2) is 4.79 Å². The van der Waals surface area contributed by atoms with Crippen LogP contribution in [0.5, 0.6) is 0 Å². The summed E-state index contributed by atoms with van der Waals surface area (Å²) in [6, 6.07) is -0.557. The van der Waals surface area contributed by atoms with Gasteiger partial charge < -0.3 is 20.5 Å². The topological polar surface area (TPSA) is 105 Å². The van der Waals surface area contributed by atoms with Crippen molar-refractivity contribution < 1.29 is 24.2 Å². The minimum Gasteiger partial charge on any atom is -0.481 e. The Morgan fingerprint density at radius 1 is 1.30 bits per heavy atom. The van der Waals surface area contributed by atoms with Crippen LogP contribution in [0.1, 0.15) is 47.5 Å². The lowest BCUT2D eigenvalue weighted by Crippen LogP contribution is -2.59. The molecular formula is C13H24N2O5. The van der Waals surface area contributed by atoms with E-state index >= 15 is 0 Å². The molecule has 0 aromatic heterocycles. The third kappa shape index (κ3) is 6.40. The zero-order chi connectivity index (χ0) is 16.0. The van der Waals surface area contributed by atoms with Gasteiger partial charge in [-0.3, -0.25) is 9.59 Å². The van der Waals surface area contributed by atoms with Gasteiger partial charge in [-0.1, -0.05) is 6.92 Å². The summed E-state index contributed by atoms with van der Waals surface area (Å²) in [6.45, 7) is 8.55. The highest BCUT2D eigenvalue weighted by atomic mass is 16.6. The standard InChI is InChI=1S/C13H24N2O5/c1-6-9(15-11(19)20-12(2,3)4)13(5,14-8-16)7-10(17)18/h8-9H,6-7H2,1-5H3,(H,14,16)(H,15,19)(H,17,18). The quantitative estimate of drug-likeness (QED) is 0.612. The van der Waals surface area contributed by atoms with E-state index < -0.39 is 29.2 Å². The van der Waals surface area contributed by atoms with Crippen LogP contribution in [0.3, 0.4) is 0 Å². The first kappa shape index (κ1) is 18.2. The van der Waals surface area contributed by atoms with Crippen LogP contribution in [-0.2, 0) is 14.3 Å². The Hall–Kier alpha value is -1.79. The van der Waals surface area contributed by atoms with Crippen LogP contribution < -0.4 is 10.6 Å². The fourth-order valence-electron chi connectivity index (χ4n) is 1.89. The smallest absolute Gasteiger partial charge is 0.407 e. The van der Waals surface area contributed by atoms with Crippen molar-refractivity contribution in [2.24, 2.45) is 0 Å². The molecule has 0 spiro atoms. The van der Waals surface area contributed by atoms with E-state index in [2.05, 4.69) is 10.6 Å². The Labute approximate surface area is 119 Å². The van der Waals surface area contributed by atoms with Crippen LogP contribution in [0.25, 0.3) is 0 Å². The first-order chi connectivity index (χ1) is 9.04. The molecule has 0 rings (SSSR count). The summed E-state index contributed by atoms with van der Waals surface area (Å²) in [4.78, 5) is 33.4. The Balaban J connectivity index is 4.95. The molecule has 7 heteroatoms. The summed E-state index contributed by atoms with van der Waals surface area (Å²) in [6.07, 6.45) is -0.0691. The number of carboxylic acid groups (broad SMARTS) is 1. The second kappa shape index (κ2) is 7.12. The summed E-state index contributed by atoms with van der Waals surface area (Å²) in [5, 5.41) is 14.0.